The van der Waals surface area contributed by atoms with Crippen LogP contribution in [0.1, 0.15) is 34.2 Å². The molecule has 2 aliphatic heterocycles. The van der Waals surface area contributed by atoms with Gasteiger partial charge in [0.25, 0.3) is 11.1 Å². The number of carbonyl (C=O) groups excluding carboxylic acids is 4. The van der Waals surface area contributed by atoms with Gasteiger partial charge in [-0.3, -0.25) is 19.3 Å². The number of benzene rings is 2. The molecule has 3 heterocycles. The van der Waals surface area contributed by atoms with Gasteiger partial charge in [-0.05, 0) is 66.6 Å². The Bertz CT molecular complexity index is 1480. The molecule has 3 aromatic rings. The first-order valence-electron chi connectivity index (χ1n) is 12.0. The fraction of sp³-hybridized carbons (Fsp3) is 0.214. The van der Waals surface area contributed by atoms with Gasteiger partial charge in [-0.25, -0.2) is 4.79 Å². The van der Waals surface area contributed by atoms with Gasteiger partial charge >= 0.3 is 5.97 Å². The van der Waals surface area contributed by atoms with E-state index in [9.17, 15) is 19.2 Å². The minimum absolute atomic E-state index is 0.163. The van der Waals surface area contributed by atoms with Gasteiger partial charge in [-0.1, -0.05) is 35.9 Å². The largest absolute Gasteiger partial charge is 0.462 e. The standard InChI is InChI=1S/C28H23ClN2O6S/c1-2-36-27(34)21-13-18(7-9-22(21)29)23-10-8-20(37-23)14-24-26(33)31(28(35)38-24)16-25(32)30-12-11-17-5-3-4-6-19(17)15-30/h3-10,13-14H,2,11-12,15-16H2,1H3/b24-14+. The summed E-state index contributed by atoms with van der Waals surface area (Å²) >= 11 is 6.90. The molecule has 0 atom stereocenters. The Morgan fingerprint density at radius 3 is 2.68 bits per heavy atom. The maximum atomic E-state index is 13.0. The topological polar surface area (TPSA) is 97.1 Å². The van der Waals surface area contributed by atoms with E-state index in [0.29, 0.717) is 30.2 Å². The van der Waals surface area contributed by atoms with E-state index >= 15 is 0 Å². The monoisotopic (exact) mass is 550 g/mol. The highest BCUT2D eigenvalue weighted by Crippen LogP contribution is 2.34. The molecule has 1 fully saturated rings. The third-order valence-electron chi connectivity index (χ3n) is 6.30. The first kappa shape index (κ1) is 25.8. The lowest BCUT2D eigenvalue weighted by molar-refractivity contribution is -0.136. The second-order valence-corrected chi connectivity index (χ2v) is 10.1. The lowest BCUT2D eigenvalue weighted by Gasteiger charge is -2.29. The van der Waals surface area contributed by atoms with Crippen LogP contribution in [0.25, 0.3) is 17.4 Å². The lowest BCUT2D eigenvalue weighted by atomic mass is 10.00. The fourth-order valence-corrected chi connectivity index (χ4v) is 5.35. The third kappa shape index (κ3) is 5.25. The number of rotatable bonds is 6. The van der Waals surface area contributed by atoms with E-state index in [4.69, 9.17) is 20.8 Å². The molecule has 2 aliphatic rings. The SMILES string of the molecule is CCOC(=O)c1cc(-c2ccc(/C=C3/SC(=O)N(CC(=O)N4CCc5ccccc5C4)C3=O)o2)ccc1Cl. The van der Waals surface area contributed by atoms with E-state index in [1.54, 1.807) is 42.2 Å². The Morgan fingerprint density at radius 2 is 1.89 bits per heavy atom. The zero-order valence-corrected chi connectivity index (χ0v) is 22.0. The third-order valence-corrected chi connectivity index (χ3v) is 7.53. The van der Waals surface area contributed by atoms with Gasteiger partial charge in [0.15, 0.2) is 0 Å². The van der Waals surface area contributed by atoms with Crippen LogP contribution in [-0.2, 0) is 27.3 Å². The van der Waals surface area contributed by atoms with Crippen LogP contribution in [-0.4, -0.2) is 52.5 Å². The maximum Gasteiger partial charge on any atom is 0.339 e. The predicted molar refractivity (Wildman–Crippen MR) is 143 cm³/mol. The highest BCUT2D eigenvalue weighted by Gasteiger charge is 2.37. The van der Waals surface area contributed by atoms with Gasteiger partial charge in [-0.15, -0.1) is 0 Å². The normalized spacial score (nSPS) is 16.2. The minimum atomic E-state index is -0.542. The van der Waals surface area contributed by atoms with Crippen LogP contribution in [0, 0.1) is 0 Å². The first-order chi connectivity index (χ1) is 18.3. The molecule has 0 bridgehead atoms. The van der Waals surface area contributed by atoms with Crippen molar-refractivity contribution in [3.8, 4) is 11.3 Å². The molecular weight excluding hydrogens is 528 g/mol. The summed E-state index contributed by atoms with van der Waals surface area (Å²) in [6, 6.07) is 16.1. The van der Waals surface area contributed by atoms with Crippen LogP contribution in [0.3, 0.4) is 0 Å². The number of hydrogen-bond acceptors (Lipinski definition) is 7. The summed E-state index contributed by atoms with van der Waals surface area (Å²) in [5, 5.41) is -0.244. The Morgan fingerprint density at radius 1 is 1.11 bits per heavy atom. The fourth-order valence-electron chi connectivity index (χ4n) is 4.34. The predicted octanol–water partition coefficient (Wildman–Crippen LogP) is 5.40. The van der Waals surface area contributed by atoms with Crippen LogP contribution in [0.5, 0.6) is 0 Å². The minimum Gasteiger partial charge on any atom is -0.462 e. The van der Waals surface area contributed by atoms with Gasteiger partial charge in [0, 0.05) is 24.7 Å². The van der Waals surface area contributed by atoms with E-state index in [-0.39, 0.29) is 34.6 Å². The van der Waals surface area contributed by atoms with Crippen LogP contribution in [0.15, 0.2) is 63.9 Å². The summed E-state index contributed by atoms with van der Waals surface area (Å²) in [5.41, 5.74) is 3.09. The molecule has 0 aliphatic carbocycles. The van der Waals surface area contributed by atoms with E-state index in [1.165, 1.54) is 11.6 Å². The van der Waals surface area contributed by atoms with Gasteiger partial charge in [-0.2, -0.15) is 0 Å². The Labute approximate surface area is 228 Å². The van der Waals surface area contributed by atoms with Crippen LogP contribution in [0.2, 0.25) is 5.02 Å². The molecule has 38 heavy (non-hydrogen) atoms. The number of ether oxygens (including phenoxy) is 1. The second-order valence-electron chi connectivity index (χ2n) is 8.72. The summed E-state index contributed by atoms with van der Waals surface area (Å²) in [7, 11) is 0. The highest BCUT2D eigenvalue weighted by atomic mass is 35.5. The van der Waals surface area contributed by atoms with Gasteiger partial charge < -0.3 is 14.1 Å². The van der Waals surface area contributed by atoms with E-state index in [0.717, 1.165) is 28.6 Å². The number of furan rings is 1. The number of esters is 1. The molecule has 0 radical (unpaired) electrons. The second kappa shape index (κ2) is 10.9. The van der Waals surface area contributed by atoms with Crippen molar-refractivity contribution in [3.05, 3.63) is 87.0 Å². The Kier molecular flexibility index (Phi) is 7.40. The molecule has 0 unspecified atom stereocenters. The molecule has 1 saturated heterocycles. The van der Waals surface area contributed by atoms with Crippen molar-refractivity contribution in [2.75, 3.05) is 19.7 Å². The number of hydrogen-bond donors (Lipinski definition) is 0. The summed E-state index contributed by atoms with van der Waals surface area (Å²) in [6.45, 7) is 2.61. The smallest absolute Gasteiger partial charge is 0.339 e. The van der Waals surface area contributed by atoms with E-state index in [1.807, 2.05) is 24.3 Å². The van der Waals surface area contributed by atoms with E-state index < -0.39 is 17.1 Å². The molecule has 2 aromatic carbocycles. The number of carbonyl (C=O) groups is 4. The molecule has 0 spiro atoms. The molecule has 194 valence electrons. The molecule has 0 saturated carbocycles. The Balaban J connectivity index is 1.28. The molecule has 8 nitrogen and oxygen atoms in total. The number of nitrogens with zero attached hydrogens (tertiary/aromatic N) is 2. The molecule has 1 aromatic heterocycles. The van der Waals surface area contributed by atoms with Crippen LogP contribution < -0.4 is 0 Å². The van der Waals surface area contributed by atoms with Gasteiger partial charge in [0.2, 0.25) is 5.91 Å². The average Bonchev–Trinajstić information content (AvgIpc) is 3.49. The molecule has 3 amide bonds. The number of fused-ring (bicyclic) bond motifs is 1. The summed E-state index contributed by atoms with van der Waals surface area (Å²) in [6.07, 6.45) is 2.21. The van der Waals surface area contributed by atoms with Crippen LogP contribution in [0.4, 0.5) is 4.79 Å². The number of amides is 3. The number of thioether (sulfide) groups is 1. The zero-order chi connectivity index (χ0) is 26.8. The van der Waals surface area contributed by atoms with Gasteiger partial charge in [0.05, 0.1) is 22.1 Å². The first-order valence-corrected chi connectivity index (χ1v) is 13.2. The van der Waals surface area contributed by atoms with Crippen molar-refractivity contribution < 1.29 is 28.3 Å². The maximum absolute atomic E-state index is 13.0. The quantitative estimate of drug-likeness (QED) is 0.299. The molecule has 10 heteroatoms. The van der Waals surface area contributed by atoms with Gasteiger partial charge in [0.1, 0.15) is 18.1 Å². The summed E-state index contributed by atoms with van der Waals surface area (Å²) in [5.74, 6) is -0.568. The number of imide groups is 1. The van der Waals surface area contributed by atoms with E-state index in [2.05, 4.69) is 0 Å². The van der Waals surface area contributed by atoms with Crippen molar-refractivity contribution in [1.29, 1.82) is 0 Å². The highest BCUT2D eigenvalue weighted by molar-refractivity contribution is 8.18. The van der Waals surface area contributed by atoms with Crippen molar-refractivity contribution in [2.24, 2.45) is 0 Å². The van der Waals surface area contributed by atoms with Crippen molar-refractivity contribution in [2.45, 2.75) is 19.9 Å². The van der Waals surface area contributed by atoms with Crippen molar-refractivity contribution in [3.63, 3.8) is 0 Å². The molecular formula is C28H23ClN2O6S. The lowest BCUT2D eigenvalue weighted by Crippen LogP contribution is -2.44. The zero-order valence-electron chi connectivity index (χ0n) is 20.4. The molecule has 5 rings (SSSR count). The van der Waals surface area contributed by atoms with Crippen LogP contribution >= 0.6 is 23.4 Å². The van der Waals surface area contributed by atoms with Crippen molar-refractivity contribution in [1.82, 2.24) is 9.80 Å². The molecule has 0 N–H and O–H groups in total. The average molecular weight is 551 g/mol. The summed E-state index contributed by atoms with van der Waals surface area (Å²) in [4.78, 5) is 53.4. The number of halogens is 1. The Hall–Kier alpha value is -3.82. The summed E-state index contributed by atoms with van der Waals surface area (Å²) < 4.78 is 10.9. The van der Waals surface area contributed by atoms with Crippen molar-refractivity contribution >= 4 is 52.5 Å².